The highest BCUT2D eigenvalue weighted by Crippen LogP contribution is 2.27. The van der Waals surface area contributed by atoms with Gasteiger partial charge in [0, 0.05) is 30.7 Å². The van der Waals surface area contributed by atoms with Crippen molar-refractivity contribution in [3.63, 3.8) is 0 Å². The number of rotatable bonds is 10. The highest BCUT2D eigenvalue weighted by molar-refractivity contribution is 5.75. The number of carbonyl (C=O) groups is 1. The van der Waals surface area contributed by atoms with Crippen LogP contribution in [0.1, 0.15) is 22.5 Å². The van der Waals surface area contributed by atoms with E-state index < -0.39 is 0 Å². The van der Waals surface area contributed by atoms with E-state index in [4.69, 9.17) is 15.2 Å². The zero-order valence-electron chi connectivity index (χ0n) is 19.8. The zero-order chi connectivity index (χ0) is 24.7. The van der Waals surface area contributed by atoms with Gasteiger partial charge in [-0.1, -0.05) is 12.1 Å². The first-order valence-corrected chi connectivity index (χ1v) is 10.8. The highest BCUT2D eigenvalue weighted by Gasteiger charge is 2.12. The second-order valence-corrected chi connectivity index (χ2v) is 7.76. The first-order valence-electron chi connectivity index (χ1n) is 10.8. The Morgan fingerprint density at radius 1 is 1.12 bits per heavy atom. The summed E-state index contributed by atoms with van der Waals surface area (Å²) in [7, 11) is 3.17. The van der Waals surface area contributed by atoms with Crippen LogP contribution >= 0.6 is 0 Å². The SMILES string of the molecule is COc1ccc(CCNc2ncc(C)n(CC(=O)NCc3ccc(N)nc3C)c2=O)cc1OC. The fourth-order valence-electron chi connectivity index (χ4n) is 3.44. The van der Waals surface area contributed by atoms with E-state index in [0.29, 0.717) is 42.5 Å². The van der Waals surface area contributed by atoms with Crippen LogP contribution in [0.4, 0.5) is 11.6 Å². The minimum atomic E-state index is -0.354. The molecule has 0 aliphatic carbocycles. The maximum Gasteiger partial charge on any atom is 0.293 e. The number of hydrogen-bond acceptors (Lipinski definition) is 8. The van der Waals surface area contributed by atoms with Crippen molar-refractivity contribution in [3.8, 4) is 11.5 Å². The number of nitrogens with two attached hydrogens (primary N) is 1. The average Bonchev–Trinajstić information content (AvgIpc) is 2.82. The molecule has 0 bridgehead atoms. The van der Waals surface area contributed by atoms with Crippen LogP contribution in [0.2, 0.25) is 0 Å². The van der Waals surface area contributed by atoms with Gasteiger partial charge in [-0.3, -0.25) is 14.2 Å². The summed E-state index contributed by atoms with van der Waals surface area (Å²) in [4.78, 5) is 33.8. The van der Waals surface area contributed by atoms with Gasteiger partial charge in [0.15, 0.2) is 17.3 Å². The van der Waals surface area contributed by atoms with Gasteiger partial charge in [-0.25, -0.2) is 9.97 Å². The van der Waals surface area contributed by atoms with Gasteiger partial charge >= 0.3 is 0 Å². The van der Waals surface area contributed by atoms with Crippen molar-refractivity contribution in [2.24, 2.45) is 0 Å². The third-order valence-corrected chi connectivity index (χ3v) is 5.40. The second-order valence-electron chi connectivity index (χ2n) is 7.76. The number of pyridine rings is 1. The molecule has 2 heterocycles. The molecule has 2 aromatic heterocycles. The number of aromatic nitrogens is 3. The minimum absolute atomic E-state index is 0.112. The lowest BCUT2D eigenvalue weighted by molar-refractivity contribution is -0.121. The molecule has 4 N–H and O–H groups in total. The summed E-state index contributed by atoms with van der Waals surface area (Å²) in [5, 5.41) is 5.89. The fourth-order valence-corrected chi connectivity index (χ4v) is 3.44. The molecule has 3 rings (SSSR count). The van der Waals surface area contributed by atoms with Crippen molar-refractivity contribution >= 4 is 17.5 Å². The minimum Gasteiger partial charge on any atom is -0.493 e. The van der Waals surface area contributed by atoms with Crippen molar-refractivity contribution in [2.45, 2.75) is 33.4 Å². The van der Waals surface area contributed by atoms with Crippen LogP contribution in [0.25, 0.3) is 0 Å². The predicted octanol–water partition coefficient (Wildman–Crippen LogP) is 1.83. The van der Waals surface area contributed by atoms with Gasteiger partial charge in [-0.05, 0) is 49.6 Å². The van der Waals surface area contributed by atoms with Crippen molar-refractivity contribution in [2.75, 3.05) is 31.8 Å². The lowest BCUT2D eigenvalue weighted by Crippen LogP contribution is -2.34. The van der Waals surface area contributed by atoms with E-state index in [-0.39, 0.29) is 23.8 Å². The van der Waals surface area contributed by atoms with E-state index in [1.807, 2.05) is 31.2 Å². The summed E-state index contributed by atoms with van der Waals surface area (Å²) >= 11 is 0. The van der Waals surface area contributed by atoms with E-state index in [9.17, 15) is 9.59 Å². The number of aryl methyl sites for hydroxylation is 2. The Kier molecular flexibility index (Phi) is 8.07. The molecule has 1 aromatic carbocycles. The summed E-state index contributed by atoms with van der Waals surface area (Å²) in [6, 6.07) is 9.18. The monoisotopic (exact) mass is 466 g/mol. The molecule has 0 aliphatic rings. The Morgan fingerprint density at radius 3 is 2.59 bits per heavy atom. The van der Waals surface area contributed by atoms with Crippen LogP contribution in [0.3, 0.4) is 0 Å². The lowest BCUT2D eigenvalue weighted by atomic mass is 10.1. The molecule has 10 nitrogen and oxygen atoms in total. The first-order chi connectivity index (χ1) is 16.3. The van der Waals surface area contributed by atoms with Gasteiger partial charge in [0.2, 0.25) is 5.91 Å². The number of methoxy groups -OCH3 is 2. The summed E-state index contributed by atoms with van der Waals surface area (Å²) in [5.74, 6) is 1.63. The molecule has 3 aromatic rings. The average molecular weight is 467 g/mol. The standard InChI is InChI=1S/C24H30N6O4/c1-15-12-28-23(26-10-9-17-5-7-19(33-3)20(11-17)34-4)24(32)30(15)14-22(31)27-13-18-6-8-21(25)29-16(18)2/h5-8,11-12H,9-10,13-14H2,1-4H3,(H2,25,29)(H,26,28)(H,27,31). The number of nitrogens with one attached hydrogen (secondary N) is 2. The third-order valence-electron chi connectivity index (χ3n) is 5.40. The molecule has 1 amide bonds. The number of nitrogens with zero attached hydrogens (tertiary/aromatic N) is 3. The van der Waals surface area contributed by atoms with E-state index >= 15 is 0 Å². The van der Waals surface area contributed by atoms with Crippen molar-refractivity contribution < 1.29 is 14.3 Å². The summed E-state index contributed by atoms with van der Waals surface area (Å²) in [6.07, 6.45) is 2.21. The number of benzene rings is 1. The highest BCUT2D eigenvalue weighted by atomic mass is 16.5. The van der Waals surface area contributed by atoms with Crippen LogP contribution < -0.4 is 31.4 Å². The second kappa shape index (κ2) is 11.2. The number of anilines is 2. The molecule has 0 unspecified atom stereocenters. The largest absolute Gasteiger partial charge is 0.493 e. The summed E-state index contributed by atoms with van der Waals surface area (Å²) in [6.45, 7) is 4.24. The molecule has 10 heteroatoms. The van der Waals surface area contributed by atoms with Crippen LogP contribution in [-0.2, 0) is 24.3 Å². The smallest absolute Gasteiger partial charge is 0.293 e. The van der Waals surface area contributed by atoms with Crippen LogP contribution in [-0.4, -0.2) is 41.2 Å². The first kappa shape index (κ1) is 24.6. The predicted molar refractivity (Wildman–Crippen MR) is 130 cm³/mol. The third kappa shape index (κ3) is 6.03. The molecule has 0 saturated heterocycles. The van der Waals surface area contributed by atoms with Crippen LogP contribution in [0, 0.1) is 13.8 Å². The fraction of sp³-hybridized carbons (Fsp3) is 0.333. The van der Waals surface area contributed by atoms with Crippen molar-refractivity contribution in [1.29, 1.82) is 0 Å². The number of carbonyl (C=O) groups excluding carboxylic acids is 1. The maximum absolute atomic E-state index is 12.9. The van der Waals surface area contributed by atoms with Gasteiger partial charge in [-0.2, -0.15) is 0 Å². The Bertz CT molecular complexity index is 1220. The van der Waals surface area contributed by atoms with Gasteiger partial charge in [0.05, 0.1) is 14.2 Å². The Balaban J connectivity index is 1.61. The molecule has 180 valence electrons. The Hall–Kier alpha value is -4.08. The number of ether oxygens (including phenoxy) is 2. The van der Waals surface area contributed by atoms with Crippen LogP contribution in [0.15, 0.2) is 41.3 Å². The van der Waals surface area contributed by atoms with Gasteiger partial charge in [0.1, 0.15) is 12.4 Å². The van der Waals surface area contributed by atoms with Crippen LogP contribution in [0.5, 0.6) is 11.5 Å². The maximum atomic E-state index is 12.9. The molecule has 0 fully saturated rings. The van der Waals surface area contributed by atoms with E-state index in [0.717, 1.165) is 16.8 Å². The lowest BCUT2D eigenvalue weighted by Gasteiger charge is -2.13. The van der Waals surface area contributed by atoms with Crippen molar-refractivity contribution in [1.82, 2.24) is 19.9 Å². The summed E-state index contributed by atoms with van der Waals surface area (Å²) in [5.41, 5.74) is 8.53. The zero-order valence-corrected chi connectivity index (χ0v) is 19.8. The molecule has 0 aliphatic heterocycles. The Morgan fingerprint density at radius 2 is 1.88 bits per heavy atom. The van der Waals surface area contributed by atoms with E-state index in [2.05, 4.69) is 20.6 Å². The molecule has 0 spiro atoms. The number of hydrogen-bond donors (Lipinski definition) is 3. The van der Waals surface area contributed by atoms with Crippen molar-refractivity contribution in [3.05, 3.63) is 69.4 Å². The molecular weight excluding hydrogens is 436 g/mol. The van der Waals surface area contributed by atoms with E-state index in [1.165, 1.54) is 4.57 Å². The molecule has 0 saturated carbocycles. The summed E-state index contributed by atoms with van der Waals surface area (Å²) < 4.78 is 12.0. The molecular formula is C24H30N6O4. The Labute approximate surface area is 198 Å². The molecule has 34 heavy (non-hydrogen) atoms. The quantitative estimate of drug-likeness (QED) is 0.412. The van der Waals surface area contributed by atoms with Gasteiger partial charge in [-0.15, -0.1) is 0 Å². The van der Waals surface area contributed by atoms with E-state index in [1.54, 1.807) is 33.4 Å². The van der Waals surface area contributed by atoms with Gasteiger partial charge in [0.25, 0.3) is 5.56 Å². The molecule has 0 atom stereocenters. The molecule has 0 radical (unpaired) electrons. The van der Waals surface area contributed by atoms with Gasteiger partial charge < -0.3 is 25.8 Å². The number of nitrogen functional groups attached to an aromatic ring is 1. The topological polar surface area (TPSA) is 133 Å². The normalized spacial score (nSPS) is 10.6. The number of amides is 1.